The van der Waals surface area contributed by atoms with Crippen LogP contribution < -0.4 is 15.2 Å². The maximum atomic E-state index is 12.1. The van der Waals surface area contributed by atoms with E-state index in [0.29, 0.717) is 11.3 Å². The number of anilines is 1. The Morgan fingerprint density at radius 3 is 2.62 bits per heavy atom. The molecule has 0 aliphatic carbocycles. The summed E-state index contributed by atoms with van der Waals surface area (Å²) in [5, 5.41) is 9.42. The largest absolute Gasteiger partial charge is 0.495 e. The Bertz CT molecular complexity index is 786. The Morgan fingerprint density at radius 1 is 1.38 bits per heavy atom. The van der Waals surface area contributed by atoms with Gasteiger partial charge in [-0.3, -0.25) is 4.79 Å². The first-order chi connectivity index (χ1) is 9.81. The summed E-state index contributed by atoms with van der Waals surface area (Å²) < 4.78 is 28.8. The van der Waals surface area contributed by atoms with Crippen molar-refractivity contribution in [3.8, 4) is 5.75 Å². The highest BCUT2D eigenvalue weighted by Crippen LogP contribution is 2.28. The minimum Gasteiger partial charge on any atom is -0.495 e. The van der Waals surface area contributed by atoms with Gasteiger partial charge >= 0.3 is 0 Å². The van der Waals surface area contributed by atoms with Gasteiger partial charge in [0.1, 0.15) is 5.75 Å². The smallest absolute Gasteiger partial charge is 0.256 e. The fraction of sp³-hybridized carbons (Fsp3) is 0.0833. The number of hydrogen-bond donors (Lipinski definition) is 2. The summed E-state index contributed by atoms with van der Waals surface area (Å²) in [5.41, 5.74) is 0.739. The van der Waals surface area contributed by atoms with Crippen LogP contribution in [-0.4, -0.2) is 21.4 Å². The summed E-state index contributed by atoms with van der Waals surface area (Å²) in [7, 11) is -2.43. The minimum atomic E-state index is -3.85. The molecule has 0 saturated heterocycles. The molecule has 21 heavy (non-hydrogen) atoms. The lowest BCUT2D eigenvalue weighted by Crippen LogP contribution is -2.15. The second kappa shape index (κ2) is 6.30. The highest BCUT2D eigenvalue weighted by atomic mass is 127. The number of nitrogens with two attached hydrogens (primary N) is 1. The predicted octanol–water partition coefficient (Wildman–Crippen LogP) is 2.26. The zero-order valence-electron chi connectivity index (χ0n) is 10.8. The Morgan fingerprint density at radius 2 is 2.10 bits per heavy atom. The van der Waals surface area contributed by atoms with E-state index in [1.807, 2.05) is 0 Å². The standard InChI is InChI=1S/C12H11IN2O4S2/c1-19-10-3-2-8(21(14,17)18)5-9(10)15-12(16)7-4-11(13)20-6-7/h2-6H,1H3,(H,15,16)(H2,14,17,18). The fourth-order valence-electron chi connectivity index (χ4n) is 1.59. The molecule has 0 bridgehead atoms. The Kier molecular flexibility index (Phi) is 4.86. The van der Waals surface area contributed by atoms with Gasteiger partial charge in [0.2, 0.25) is 10.0 Å². The average molecular weight is 438 g/mol. The van der Waals surface area contributed by atoms with Crippen LogP contribution in [0.5, 0.6) is 5.75 Å². The number of carbonyl (C=O) groups excluding carboxylic acids is 1. The summed E-state index contributed by atoms with van der Waals surface area (Å²) in [6.07, 6.45) is 0. The molecular weight excluding hydrogens is 427 g/mol. The van der Waals surface area contributed by atoms with E-state index in [2.05, 4.69) is 27.9 Å². The molecule has 1 amide bonds. The molecule has 0 atom stereocenters. The number of carbonyl (C=O) groups is 1. The van der Waals surface area contributed by atoms with Crippen molar-refractivity contribution in [3.63, 3.8) is 0 Å². The molecule has 0 fully saturated rings. The molecule has 112 valence electrons. The zero-order valence-corrected chi connectivity index (χ0v) is 14.6. The van der Waals surface area contributed by atoms with Crippen molar-refractivity contribution in [1.82, 2.24) is 0 Å². The van der Waals surface area contributed by atoms with Crippen LogP contribution in [-0.2, 0) is 10.0 Å². The minimum absolute atomic E-state index is 0.0986. The molecule has 0 saturated carbocycles. The Labute approximate surface area is 139 Å². The van der Waals surface area contributed by atoms with Crippen LogP contribution in [0, 0.1) is 2.88 Å². The second-order valence-electron chi connectivity index (χ2n) is 4.00. The van der Waals surface area contributed by atoms with Crippen LogP contribution in [0.25, 0.3) is 0 Å². The van der Waals surface area contributed by atoms with Gasteiger partial charge in [-0.2, -0.15) is 0 Å². The second-order valence-corrected chi connectivity index (χ2v) is 8.37. The first kappa shape index (κ1) is 16.2. The molecular formula is C12H11IN2O4S2. The average Bonchev–Trinajstić information content (AvgIpc) is 2.84. The van der Waals surface area contributed by atoms with Crippen LogP contribution in [0.4, 0.5) is 5.69 Å². The highest BCUT2D eigenvalue weighted by Gasteiger charge is 2.15. The molecule has 0 aliphatic rings. The number of halogens is 1. The molecule has 6 nitrogen and oxygen atoms in total. The van der Waals surface area contributed by atoms with E-state index in [0.717, 1.165) is 2.88 Å². The van der Waals surface area contributed by atoms with Crippen molar-refractivity contribution in [2.45, 2.75) is 4.90 Å². The van der Waals surface area contributed by atoms with E-state index < -0.39 is 10.0 Å². The molecule has 2 aromatic rings. The third-order valence-corrected chi connectivity index (χ3v) is 5.28. The number of amides is 1. The van der Waals surface area contributed by atoms with Gasteiger partial charge in [-0.25, -0.2) is 13.6 Å². The number of benzene rings is 1. The molecule has 0 unspecified atom stereocenters. The molecule has 1 aromatic carbocycles. The lowest BCUT2D eigenvalue weighted by atomic mass is 10.2. The first-order valence-electron chi connectivity index (χ1n) is 5.57. The van der Waals surface area contributed by atoms with Crippen molar-refractivity contribution in [2.75, 3.05) is 12.4 Å². The van der Waals surface area contributed by atoms with Crippen molar-refractivity contribution >= 4 is 55.5 Å². The Balaban J connectivity index is 2.36. The molecule has 3 N–H and O–H groups in total. The van der Waals surface area contributed by atoms with Crippen molar-refractivity contribution in [1.29, 1.82) is 0 Å². The molecule has 0 spiro atoms. The van der Waals surface area contributed by atoms with E-state index in [4.69, 9.17) is 9.88 Å². The van der Waals surface area contributed by atoms with E-state index >= 15 is 0 Å². The van der Waals surface area contributed by atoms with Crippen LogP contribution in [0.1, 0.15) is 10.4 Å². The van der Waals surface area contributed by atoms with Gasteiger partial charge in [-0.1, -0.05) is 0 Å². The Hall–Kier alpha value is -1.17. The topological polar surface area (TPSA) is 98.5 Å². The number of primary sulfonamides is 1. The summed E-state index contributed by atoms with van der Waals surface area (Å²) >= 11 is 3.55. The maximum Gasteiger partial charge on any atom is 0.256 e. The number of sulfonamides is 1. The van der Waals surface area contributed by atoms with Gasteiger partial charge in [0.05, 0.1) is 26.1 Å². The van der Waals surface area contributed by atoms with Crippen LogP contribution in [0.15, 0.2) is 34.5 Å². The number of ether oxygens (including phenoxy) is 1. The lowest BCUT2D eigenvalue weighted by Gasteiger charge is -2.11. The monoisotopic (exact) mass is 438 g/mol. The van der Waals surface area contributed by atoms with E-state index in [-0.39, 0.29) is 16.5 Å². The van der Waals surface area contributed by atoms with Gasteiger partial charge in [-0.05, 0) is 46.9 Å². The number of methoxy groups -OCH3 is 1. The summed E-state index contributed by atoms with van der Waals surface area (Å²) in [4.78, 5) is 12.0. The predicted molar refractivity (Wildman–Crippen MR) is 89.4 cm³/mol. The molecule has 2 rings (SSSR count). The molecule has 1 aromatic heterocycles. The van der Waals surface area contributed by atoms with Gasteiger partial charge in [0.15, 0.2) is 0 Å². The first-order valence-corrected chi connectivity index (χ1v) is 9.08. The lowest BCUT2D eigenvalue weighted by molar-refractivity contribution is 0.102. The van der Waals surface area contributed by atoms with E-state index in [9.17, 15) is 13.2 Å². The fourth-order valence-corrected chi connectivity index (χ4v) is 3.45. The molecule has 0 radical (unpaired) electrons. The summed E-state index contributed by atoms with van der Waals surface area (Å²) in [6, 6.07) is 5.75. The van der Waals surface area contributed by atoms with E-state index in [1.54, 1.807) is 11.4 Å². The van der Waals surface area contributed by atoms with Crippen LogP contribution in [0.3, 0.4) is 0 Å². The quantitative estimate of drug-likeness (QED) is 0.716. The third-order valence-electron chi connectivity index (χ3n) is 2.58. The summed E-state index contributed by atoms with van der Waals surface area (Å²) in [6.45, 7) is 0. The van der Waals surface area contributed by atoms with Crippen molar-refractivity contribution in [3.05, 3.63) is 38.1 Å². The van der Waals surface area contributed by atoms with Crippen LogP contribution >= 0.6 is 33.9 Å². The maximum absolute atomic E-state index is 12.1. The SMILES string of the molecule is COc1ccc(S(N)(=O)=O)cc1NC(=O)c1csc(I)c1. The van der Waals surface area contributed by atoms with Crippen molar-refractivity contribution < 1.29 is 17.9 Å². The number of thiophene rings is 1. The summed E-state index contributed by atoms with van der Waals surface area (Å²) in [5.74, 6) is -0.000267. The van der Waals surface area contributed by atoms with Gasteiger partial charge in [0.25, 0.3) is 5.91 Å². The van der Waals surface area contributed by atoms with E-state index in [1.165, 1.54) is 36.6 Å². The molecule has 1 heterocycles. The normalized spacial score (nSPS) is 11.2. The van der Waals surface area contributed by atoms with Crippen LogP contribution in [0.2, 0.25) is 0 Å². The van der Waals surface area contributed by atoms with Gasteiger partial charge in [0, 0.05) is 5.38 Å². The number of nitrogens with one attached hydrogen (secondary N) is 1. The van der Waals surface area contributed by atoms with Crippen molar-refractivity contribution in [2.24, 2.45) is 5.14 Å². The third kappa shape index (κ3) is 3.93. The number of hydrogen-bond acceptors (Lipinski definition) is 5. The highest BCUT2D eigenvalue weighted by molar-refractivity contribution is 14.1. The molecule has 9 heteroatoms. The van der Waals surface area contributed by atoms with Gasteiger partial charge < -0.3 is 10.1 Å². The van der Waals surface area contributed by atoms with Gasteiger partial charge in [-0.15, -0.1) is 11.3 Å². The number of rotatable bonds is 4. The zero-order chi connectivity index (χ0) is 15.6. The molecule has 0 aliphatic heterocycles.